The minimum absolute atomic E-state index is 0.0898. The second kappa shape index (κ2) is 8.01. The zero-order chi connectivity index (χ0) is 22.4. The van der Waals surface area contributed by atoms with E-state index in [2.05, 4.69) is 0 Å². The van der Waals surface area contributed by atoms with Gasteiger partial charge >= 0.3 is 5.97 Å². The number of carbonyl (C=O) groups is 4. The molecule has 160 valence electrons. The quantitative estimate of drug-likeness (QED) is 0.165. The van der Waals surface area contributed by atoms with Gasteiger partial charge in [-0.1, -0.05) is 12.1 Å². The van der Waals surface area contributed by atoms with Crippen molar-refractivity contribution in [1.82, 2.24) is 9.80 Å². The molecular weight excluding hydrogens is 424 g/mol. The molecule has 0 saturated carbocycles. The number of imide groups is 1. The lowest BCUT2D eigenvalue weighted by Gasteiger charge is -2.49. The number of fused-ring (bicyclic) bond motifs is 1. The van der Waals surface area contributed by atoms with Gasteiger partial charge in [0, 0.05) is 12.0 Å². The molecule has 1 saturated heterocycles. The molecule has 30 heavy (non-hydrogen) atoms. The molecule has 0 bridgehead atoms. The third kappa shape index (κ3) is 3.70. The zero-order valence-electron chi connectivity index (χ0n) is 17.7. The van der Waals surface area contributed by atoms with Gasteiger partial charge in [0.1, 0.15) is 11.1 Å². The Morgan fingerprint density at radius 1 is 1.03 bits per heavy atom. The van der Waals surface area contributed by atoms with Gasteiger partial charge in [0.05, 0.1) is 18.2 Å². The van der Waals surface area contributed by atoms with Crippen LogP contribution in [-0.2, 0) is 18.2 Å². The summed E-state index contributed by atoms with van der Waals surface area (Å²) in [5.74, 6) is -2.24. The van der Waals surface area contributed by atoms with E-state index in [1.54, 1.807) is 38.1 Å². The van der Waals surface area contributed by atoms with Gasteiger partial charge < -0.3 is 8.61 Å². The Morgan fingerprint density at radius 2 is 1.57 bits per heavy atom. The minimum atomic E-state index is -2.01. The Bertz CT molecular complexity index is 931. The fourth-order valence-corrected chi connectivity index (χ4v) is 5.50. The summed E-state index contributed by atoms with van der Waals surface area (Å²) >= 11 is 1.01. The molecule has 0 radical (unpaired) electrons. The second-order valence-corrected chi connectivity index (χ2v) is 13.8. The Hall–Kier alpha value is -2.43. The van der Waals surface area contributed by atoms with Crippen LogP contribution in [0.25, 0.3) is 0 Å². The van der Waals surface area contributed by atoms with E-state index in [0.29, 0.717) is 5.57 Å². The maximum atomic E-state index is 13.2. The number of allylic oxidation sites excluding steroid dienone is 1. The third-order valence-corrected chi connectivity index (χ3v) is 7.66. The van der Waals surface area contributed by atoms with E-state index in [-0.39, 0.29) is 16.8 Å². The molecule has 10 heteroatoms. The van der Waals surface area contributed by atoms with Gasteiger partial charge in [-0.25, -0.2) is 4.79 Å². The highest BCUT2D eigenvalue weighted by atomic mass is 32.2. The number of methoxy groups -OCH3 is 1. The van der Waals surface area contributed by atoms with E-state index < -0.39 is 43.4 Å². The monoisotopic (exact) mass is 448 g/mol. The van der Waals surface area contributed by atoms with Crippen LogP contribution in [0, 0.1) is 0 Å². The van der Waals surface area contributed by atoms with E-state index >= 15 is 0 Å². The smallest absolute Gasteiger partial charge is 0.354 e. The van der Waals surface area contributed by atoms with Crippen molar-refractivity contribution in [2.45, 2.75) is 44.9 Å². The predicted molar refractivity (Wildman–Crippen MR) is 114 cm³/mol. The topological polar surface area (TPSA) is 93.2 Å². The Labute approximate surface area is 180 Å². The Kier molecular flexibility index (Phi) is 5.94. The van der Waals surface area contributed by atoms with Crippen LogP contribution < -0.4 is 0 Å². The zero-order valence-corrected chi connectivity index (χ0v) is 19.5. The van der Waals surface area contributed by atoms with Crippen LogP contribution in [0.4, 0.5) is 0 Å². The van der Waals surface area contributed by atoms with Crippen LogP contribution >= 0.6 is 12.0 Å². The number of ether oxygens (including phenoxy) is 1. The number of esters is 1. The maximum Gasteiger partial charge on any atom is 0.354 e. The molecule has 8 nitrogen and oxygen atoms in total. The lowest BCUT2D eigenvalue weighted by Crippen LogP contribution is -2.70. The summed E-state index contributed by atoms with van der Waals surface area (Å²) in [6.07, 6.45) is 0. The van der Waals surface area contributed by atoms with E-state index in [1.165, 1.54) is 12.0 Å². The maximum absolute atomic E-state index is 13.2. The molecule has 0 unspecified atom stereocenters. The SMILES string of the molecule is COC(=O)C(=C(C)C)N1C(=O)[C@@H](N2C(=O)c3ccccc3C2=O)[C@H]1SO[Si](C)(C)C. The summed E-state index contributed by atoms with van der Waals surface area (Å²) in [5.41, 5.74) is 1.19. The number of hydrogen-bond donors (Lipinski definition) is 0. The van der Waals surface area contributed by atoms with E-state index in [1.807, 2.05) is 19.6 Å². The lowest BCUT2D eigenvalue weighted by atomic mass is 10.0. The highest BCUT2D eigenvalue weighted by molar-refractivity contribution is 7.96. The van der Waals surface area contributed by atoms with E-state index in [9.17, 15) is 19.2 Å². The molecule has 2 atom stereocenters. The number of benzene rings is 1. The first-order valence-corrected chi connectivity index (χ1v) is 13.6. The van der Waals surface area contributed by atoms with Crippen molar-refractivity contribution in [1.29, 1.82) is 0 Å². The molecule has 2 heterocycles. The van der Waals surface area contributed by atoms with Gasteiger partial charge in [-0.05, 0) is 51.2 Å². The molecule has 2 aliphatic rings. The normalized spacial score (nSPS) is 20.8. The first kappa shape index (κ1) is 22.3. The molecule has 0 aliphatic carbocycles. The van der Waals surface area contributed by atoms with E-state index in [4.69, 9.17) is 8.61 Å². The molecule has 1 aromatic rings. The Balaban J connectivity index is 1.99. The summed E-state index contributed by atoms with van der Waals surface area (Å²) in [6.45, 7) is 9.31. The number of β-lactam (4-membered cyclic amide) rings is 1. The molecule has 0 aromatic heterocycles. The molecule has 3 amide bonds. The number of carbonyl (C=O) groups excluding carboxylic acids is 4. The summed E-state index contributed by atoms with van der Waals surface area (Å²) in [4.78, 5) is 53.6. The number of rotatable bonds is 6. The first-order valence-electron chi connectivity index (χ1n) is 9.40. The van der Waals surface area contributed by atoms with Gasteiger partial charge in [-0.15, -0.1) is 0 Å². The van der Waals surface area contributed by atoms with Crippen LogP contribution in [0.5, 0.6) is 0 Å². The van der Waals surface area contributed by atoms with Crippen molar-refractivity contribution in [3.63, 3.8) is 0 Å². The average molecular weight is 449 g/mol. The summed E-state index contributed by atoms with van der Waals surface area (Å²) < 4.78 is 10.8. The molecule has 1 fully saturated rings. The fourth-order valence-electron chi connectivity index (χ4n) is 3.31. The fraction of sp³-hybridized carbons (Fsp3) is 0.400. The minimum Gasteiger partial charge on any atom is -0.464 e. The third-order valence-electron chi connectivity index (χ3n) is 4.61. The van der Waals surface area contributed by atoms with Crippen molar-refractivity contribution in [3.05, 3.63) is 46.7 Å². The van der Waals surface area contributed by atoms with Crippen LogP contribution in [0.15, 0.2) is 35.5 Å². The highest BCUT2D eigenvalue weighted by Crippen LogP contribution is 2.42. The van der Waals surface area contributed by atoms with E-state index in [0.717, 1.165) is 16.9 Å². The van der Waals surface area contributed by atoms with Crippen LogP contribution in [0.3, 0.4) is 0 Å². The van der Waals surface area contributed by atoms with Crippen LogP contribution in [0.2, 0.25) is 19.6 Å². The number of hydrogen-bond acceptors (Lipinski definition) is 7. The molecule has 3 rings (SSSR count). The number of likely N-dealkylation sites (tertiary alicyclic amines) is 1. The second-order valence-electron chi connectivity index (χ2n) is 8.20. The predicted octanol–water partition coefficient (Wildman–Crippen LogP) is 2.79. The highest BCUT2D eigenvalue weighted by Gasteiger charge is 2.59. The number of nitrogens with zero attached hydrogens (tertiary/aromatic N) is 2. The molecular formula is C20H24N2O6SSi. The van der Waals surface area contributed by atoms with Gasteiger partial charge in [0.25, 0.3) is 17.7 Å². The largest absolute Gasteiger partial charge is 0.464 e. The van der Waals surface area contributed by atoms with Crippen LogP contribution in [-0.4, -0.2) is 60.3 Å². The van der Waals surface area contributed by atoms with Gasteiger partial charge in [-0.3, -0.25) is 24.2 Å². The summed E-state index contributed by atoms with van der Waals surface area (Å²) in [7, 11) is -0.780. The Morgan fingerprint density at radius 3 is 2.00 bits per heavy atom. The summed E-state index contributed by atoms with van der Waals surface area (Å²) in [5, 5.41) is -0.754. The van der Waals surface area contributed by atoms with Crippen LogP contribution in [0.1, 0.15) is 34.6 Å². The average Bonchev–Trinajstić information content (AvgIpc) is 2.92. The van der Waals surface area contributed by atoms with Crippen molar-refractivity contribution < 1.29 is 27.8 Å². The van der Waals surface area contributed by atoms with Gasteiger partial charge in [0.15, 0.2) is 6.04 Å². The van der Waals surface area contributed by atoms with Gasteiger partial charge in [0.2, 0.25) is 8.32 Å². The van der Waals surface area contributed by atoms with Crippen molar-refractivity contribution in [2.75, 3.05) is 7.11 Å². The molecule has 0 N–H and O–H groups in total. The molecule has 0 spiro atoms. The van der Waals surface area contributed by atoms with Gasteiger partial charge in [-0.2, -0.15) is 0 Å². The van der Waals surface area contributed by atoms with Crippen molar-refractivity contribution in [3.8, 4) is 0 Å². The van der Waals surface area contributed by atoms with Crippen molar-refractivity contribution in [2.24, 2.45) is 0 Å². The first-order chi connectivity index (χ1) is 14.0. The van der Waals surface area contributed by atoms with Crippen molar-refractivity contribution >= 4 is 44.1 Å². The lowest BCUT2D eigenvalue weighted by molar-refractivity contribution is -0.152. The molecule has 1 aromatic carbocycles. The summed E-state index contributed by atoms with van der Waals surface area (Å²) in [6, 6.07) is 5.39. The number of amides is 3. The standard InChI is InChI=1S/C20H24N2O6SSi/c1-11(2)14(20(26)27-3)22-18(25)15(19(22)29-28-30(4,5)6)21-16(23)12-9-7-8-10-13(12)17(21)24/h7-10,15,19H,1-6H3/t15-,19-/m1/s1. The molecule has 2 aliphatic heterocycles.